The highest BCUT2D eigenvalue weighted by atomic mass is 32.1. The van der Waals surface area contributed by atoms with Gasteiger partial charge in [-0.3, -0.25) is 0 Å². The number of methoxy groups -OCH3 is 1. The summed E-state index contributed by atoms with van der Waals surface area (Å²) >= 11 is 1.91. The lowest BCUT2D eigenvalue weighted by molar-refractivity contribution is 0.194. The molecule has 5 nitrogen and oxygen atoms in total. The van der Waals surface area contributed by atoms with Crippen LogP contribution in [-0.2, 0) is 19.4 Å². The van der Waals surface area contributed by atoms with Crippen molar-refractivity contribution in [1.82, 2.24) is 9.47 Å². The third kappa shape index (κ3) is 3.99. The molecule has 36 heavy (non-hydrogen) atoms. The van der Waals surface area contributed by atoms with Gasteiger partial charge in [-0.25, -0.2) is 4.79 Å². The first kappa shape index (κ1) is 22.9. The van der Waals surface area contributed by atoms with Gasteiger partial charge in [-0.15, -0.1) is 11.3 Å². The summed E-state index contributed by atoms with van der Waals surface area (Å²) in [5.74, 6) is 0.808. The normalized spacial score (nSPS) is 16.5. The van der Waals surface area contributed by atoms with Gasteiger partial charge in [0.1, 0.15) is 10.8 Å². The summed E-state index contributed by atoms with van der Waals surface area (Å²) in [5, 5.41) is 4.49. The molecule has 1 aliphatic heterocycles. The summed E-state index contributed by atoms with van der Waals surface area (Å²) < 4.78 is 7.73. The number of ether oxygens (including phenoxy) is 1. The molecule has 4 aromatic rings. The molecule has 0 bridgehead atoms. The fraction of sp³-hybridized carbons (Fsp3) is 0.300. The van der Waals surface area contributed by atoms with E-state index in [2.05, 4.69) is 60.3 Å². The number of carbonyl (C=O) groups is 1. The average Bonchev–Trinajstić information content (AvgIpc) is 3.45. The standard InChI is InChI=1S/C30H31N3O2S/c1-19-15-20(2)17-22(16-19)31-30(34)33-18-25-24-7-4-5-9-27(24)36-29(25)32-14-6-8-26(32)28(33)21-10-12-23(35-3)13-11-21/h6,8,10-17,28H,4-5,7,9,18H2,1-3H3,(H,31,34)/t28-/m0/s1. The van der Waals surface area contributed by atoms with E-state index < -0.39 is 0 Å². The number of hydrogen-bond donors (Lipinski definition) is 1. The zero-order chi connectivity index (χ0) is 24.8. The van der Waals surface area contributed by atoms with Crippen molar-refractivity contribution in [3.63, 3.8) is 0 Å². The zero-order valence-corrected chi connectivity index (χ0v) is 21.8. The Labute approximate surface area is 216 Å². The maximum atomic E-state index is 14.1. The molecule has 2 aromatic heterocycles. The van der Waals surface area contributed by atoms with Crippen molar-refractivity contribution < 1.29 is 9.53 Å². The van der Waals surface area contributed by atoms with Gasteiger partial charge in [0, 0.05) is 22.3 Å². The number of thiophene rings is 1. The second kappa shape index (κ2) is 9.17. The molecule has 0 unspecified atom stereocenters. The van der Waals surface area contributed by atoms with E-state index in [1.54, 1.807) is 7.11 Å². The van der Waals surface area contributed by atoms with Crippen LogP contribution in [0.5, 0.6) is 5.75 Å². The second-order valence-electron chi connectivity index (χ2n) is 9.91. The molecule has 0 fully saturated rings. The Morgan fingerprint density at radius 2 is 1.75 bits per heavy atom. The number of aryl methyl sites for hydroxylation is 3. The molecule has 0 radical (unpaired) electrons. The fourth-order valence-corrected chi connectivity index (χ4v) is 7.17. The number of fused-ring (bicyclic) bond motifs is 5. The van der Waals surface area contributed by atoms with Gasteiger partial charge in [0.05, 0.1) is 25.4 Å². The number of rotatable bonds is 3. The molecule has 0 saturated heterocycles. The Morgan fingerprint density at radius 3 is 2.50 bits per heavy atom. The van der Waals surface area contributed by atoms with Crippen LogP contribution in [0.15, 0.2) is 60.8 Å². The second-order valence-corrected chi connectivity index (χ2v) is 11.0. The SMILES string of the molecule is COc1ccc([C@H]2c3cccn3-c3sc4c(c3CN2C(=O)Nc2cc(C)cc(C)c2)CCCC4)cc1. The van der Waals surface area contributed by atoms with Crippen LogP contribution < -0.4 is 10.1 Å². The van der Waals surface area contributed by atoms with Gasteiger partial charge in [-0.1, -0.05) is 18.2 Å². The molecular weight excluding hydrogens is 466 g/mol. The fourth-order valence-electron chi connectivity index (χ4n) is 5.77. The number of hydrogen-bond acceptors (Lipinski definition) is 3. The summed E-state index contributed by atoms with van der Waals surface area (Å²) in [4.78, 5) is 17.6. The minimum absolute atomic E-state index is 0.0859. The van der Waals surface area contributed by atoms with Crippen LogP contribution in [0.3, 0.4) is 0 Å². The van der Waals surface area contributed by atoms with E-state index in [-0.39, 0.29) is 12.1 Å². The van der Waals surface area contributed by atoms with Crippen molar-refractivity contribution in [3.05, 3.63) is 99.2 Å². The number of aromatic nitrogens is 1. The maximum absolute atomic E-state index is 14.1. The highest BCUT2D eigenvalue weighted by molar-refractivity contribution is 7.15. The van der Waals surface area contributed by atoms with Crippen LogP contribution in [-0.4, -0.2) is 22.6 Å². The Bertz CT molecular complexity index is 1410. The van der Waals surface area contributed by atoms with Gasteiger partial charge in [0.2, 0.25) is 0 Å². The lowest BCUT2D eigenvalue weighted by Crippen LogP contribution is -2.38. The summed E-state index contributed by atoms with van der Waals surface area (Å²) in [6, 6.07) is 18.2. The topological polar surface area (TPSA) is 46.5 Å². The minimum Gasteiger partial charge on any atom is -0.497 e. The van der Waals surface area contributed by atoms with E-state index in [1.807, 2.05) is 40.5 Å². The number of nitrogens with zero attached hydrogens (tertiary/aromatic N) is 2. The van der Waals surface area contributed by atoms with E-state index in [4.69, 9.17) is 4.74 Å². The first-order chi connectivity index (χ1) is 17.5. The van der Waals surface area contributed by atoms with Crippen molar-refractivity contribution in [2.45, 2.75) is 52.1 Å². The quantitative estimate of drug-likeness (QED) is 0.326. The lowest BCUT2D eigenvalue weighted by atomic mass is 9.95. The molecule has 1 N–H and O–H groups in total. The predicted molar refractivity (Wildman–Crippen MR) is 146 cm³/mol. The first-order valence-corrected chi connectivity index (χ1v) is 13.4. The van der Waals surface area contributed by atoms with Gasteiger partial charge >= 0.3 is 6.03 Å². The zero-order valence-electron chi connectivity index (χ0n) is 21.0. The van der Waals surface area contributed by atoms with E-state index >= 15 is 0 Å². The van der Waals surface area contributed by atoms with Crippen LogP contribution in [0, 0.1) is 13.8 Å². The molecule has 1 atom stereocenters. The van der Waals surface area contributed by atoms with Crippen LogP contribution >= 0.6 is 11.3 Å². The third-order valence-electron chi connectivity index (χ3n) is 7.34. The molecule has 184 valence electrons. The number of carbonyl (C=O) groups excluding carboxylic acids is 1. The molecule has 3 heterocycles. The van der Waals surface area contributed by atoms with Crippen molar-refractivity contribution in [2.75, 3.05) is 12.4 Å². The van der Waals surface area contributed by atoms with Crippen molar-refractivity contribution in [2.24, 2.45) is 0 Å². The Kier molecular flexibility index (Phi) is 5.84. The molecule has 0 saturated carbocycles. The first-order valence-electron chi connectivity index (χ1n) is 12.6. The smallest absolute Gasteiger partial charge is 0.322 e. The Morgan fingerprint density at radius 1 is 1.00 bits per heavy atom. The molecular formula is C30H31N3O2S. The summed E-state index contributed by atoms with van der Waals surface area (Å²) in [5.41, 5.74) is 8.03. The number of anilines is 1. The number of urea groups is 1. The predicted octanol–water partition coefficient (Wildman–Crippen LogP) is 7.18. The van der Waals surface area contributed by atoms with E-state index in [1.165, 1.54) is 33.8 Å². The van der Waals surface area contributed by atoms with Gasteiger partial charge in [-0.2, -0.15) is 0 Å². The van der Waals surface area contributed by atoms with Gasteiger partial charge < -0.3 is 19.5 Å². The van der Waals surface area contributed by atoms with Gasteiger partial charge in [0.15, 0.2) is 0 Å². The Hall–Kier alpha value is -3.51. The number of benzene rings is 2. The molecule has 1 aliphatic carbocycles. The highest BCUT2D eigenvalue weighted by Gasteiger charge is 2.36. The Balaban J connectivity index is 1.48. The van der Waals surface area contributed by atoms with Gasteiger partial charge in [0.25, 0.3) is 0 Å². The average molecular weight is 498 g/mol. The molecule has 2 aliphatic rings. The minimum atomic E-state index is -0.226. The number of nitrogens with one attached hydrogen (secondary N) is 1. The summed E-state index contributed by atoms with van der Waals surface area (Å²) in [6.07, 6.45) is 6.84. The van der Waals surface area contributed by atoms with Crippen LogP contribution in [0.1, 0.15) is 57.3 Å². The summed E-state index contributed by atoms with van der Waals surface area (Å²) in [6.45, 7) is 4.70. The monoisotopic (exact) mass is 497 g/mol. The van der Waals surface area contributed by atoms with E-state index in [0.29, 0.717) is 6.54 Å². The van der Waals surface area contributed by atoms with Crippen molar-refractivity contribution in [1.29, 1.82) is 0 Å². The van der Waals surface area contributed by atoms with E-state index in [9.17, 15) is 4.79 Å². The third-order valence-corrected chi connectivity index (χ3v) is 8.68. The van der Waals surface area contributed by atoms with Crippen LogP contribution in [0.2, 0.25) is 0 Å². The lowest BCUT2D eigenvalue weighted by Gasteiger charge is -2.31. The largest absolute Gasteiger partial charge is 0.497 e. The van der Waals surface area contributed by atoms with Crippen LogP contribution in [0.25, 0.3) is 5.00 Å². The number of amides is 2. The molecule has 6 heteroatoms. The molecule has 2 aromatic carbocycles. The van der Waals surface area contributed by atoms with Crippen LogP contribution in [0.4, 0.5) is 10.5 Å². The molecule has 6 rings (SSSR count). The van der Waals surface area contributed by atoms with E-state index in [0.717, 1.165) is 46.7 Å². The van der Waals surface area contributed by atoms with Crippen molar-refractivity contribution >= 4 is 23.1 Å². The molecule has 0 spiro atoms. The van der Waals surface area contributed by atoms with Crippen molar-refractivity contribution in [3.8, 4) is 10.8 Å². The highest BCUT2D eigenvalue weighted by Crippen LogP contribution is 2.44. The maximum Gasteiger partial charge on any atom is 0.322 e. The molecule has 2 amide bonds. The van der Waals surface area contributed by atoms with Gasteiger partial charge in [-0.05, 0) is 98.2 Å². The summed E-state index contributed by atoms with van der Waals surface area (Å²) in [7, 11) is 1.68.